The highest BCUT2D eigenvalue weighted by Gasteiger charge is 2.04. The number of hydrogen-bond donors (Lipinski definition) is 0. The quantitative estimate of drug-likeness (QED) is 0.659. The molecule has 2 heteroatoms. The van der Waals surface area contributed by atoms with Crippen molar-refractivity contribution in [1.82, 2.24) is 0 Å². The lowest BCUT2D eigenvalue weighted by molar-refractivity contribution is 1.54. The highest BCUT2D eigenvalue weighted by molar-refractivity contribution is 9.11. The van der Waals surface area contributed by atoms with Crippen molar-refractivity contribution in [1.29, 1.82) is 0 Å². The molecule has 15 heavy (non-hydrogen) atoms. The first kappa shape index (κ1) is 12.5. The molecule has 1 aromatic carbocycles. The Labute approximate surface area is 108 Å². The Balaban J connectivity index is 3.24. The molecule has 0 saturated heterocycles. The summed E-state index contributed by atoms with van der Waals surface area (Å²) in [5.41, 5.74) is 2.33. The topological polar surface area (TPSA) is 0 Å². The molecule has 0 bridgehead atoms. The first-order valence-electron chi connectivity index (χ1n) is 4.57. The number of hydrogen-bond acceptors (Lipinski definition) is 0. The van der Waals surface area contributed by atoms with Crippen LogP contribution in [0.3, 0.4) is 0 Å². The van der Waals surface area contributed by atoms with Gasteiger partial charge in [0.05, 0.1) is 0 Å². The maximum Gasteiger partial charge on any atom is 0.0254 e. The van der Waals surface area contributed by atoms with Crippen LogP contribution >= 0.6 is 31.9 Å². The van der Waals surface area contributed by atoms with Gasteiger partial charge in [-0.1, -0.05) is 74.9 Å². The van der Waals surface area contributed by atoms with Crippen molar-refractivity contribution >= 4 is 37.4 Å². The first-order valence-corrected chi connectivity index (χ1v) is 6.15. The highest BCUT2D eigenvalue weighted by atomic mass is 79.9. The van der Waals surface area contributed by atoms with Gasteiger partial charge in [-0.25, -0.2) is 0 Å². The summed E-state index contributed by atoms with van der Waals surface area (Å²) in [5.74, 6) is 0. The summed E-state index contributed by atoms with van der Waals surface area (Å²) in [6.07, 6.45) is 5.74. The van der Waals surface area contributed by atoms with Crippen molar-refractivity contribution < 1.29 is 0 Å². The van der Waals surface area contributed by atoms with Crippen LogP contribution in [0.5, 0.6) is 0 Å². The van der Waals surface area contributed by atoms with Gasteiger partial charge in [0.25, 0.3) is 0 Å². The van der Waals surface area contributed by atoms with E-state index in [9.17, 15) is 0 Å². The molecule has 0 amide bonds. The zero-order chi connectivity index (χ0) is 11.3. The molecule has 0 saturated carbocycles. The summed E-state index contributed by atoms with van der Waals surface area (Å²) < 4.78 is 2.19. The van der Waals surface area contributed by atoms with E-state index in [1.165, 1.54) is 5.56 Å². The summed E-state index contributed by atoms with van der Waals surface area (Å²) in [6.45, 7) is 5.70. The third kappa shape index (κ3) is 3.47. The fourth-order valence-electron chi connectivity index (χ4n) is 1.23. The van der Waals surface area contributed by atoms with Gasteiger partial charge in [-0.15, -0.1) is 0 Å². The Morgan fingerprint density at radius 1 is 1.33 bits per heavy atom. The average Bonchev–Trinajstić information content (AvgIpc) is 2.20. The molecule has 0 heterocycles. The predicted molar refractivity (Wildman–Crippen MR) is 75.0 cm³/mol. The molecule has 1 aromatic rings. The van der Waals surface area contributed by atoms with Gasteiger partial charge >= 0.3 is 0 Å². The van der Waals surface area contributed by atoms with Crippen molar-refractivity contribution in [2.75, 3.05) is 0 Å². The van der Waals surface area contributed by atoms with Crippen LogP contribution in [0, 0.1) is 0 Å². The Kier molecular flexibility index (Phi) is 5.06. The van der Waals surface area contributed by atoms with Crippen molar-refractivity contribution in [3.8, 4) is 0 Å². The lowest BCUT2D eigenvalue weighted by atomic mass is 10.1. The Bertz CT molecular complexity index is 410. The molecule has 0 radical (unpaired) electrons. The van der Waals surface area contributed by atoms with E-state index in [-0.39, 0.29) is 0 Å². The normalized spacial score (nSPS) is 12.7. The molecule has 0 N–H and O–H groups in total. The lowest BCUT2D eigenvalue weighted by Crippen LogP contribution is -1.84. The van der Waals surface area contributed by atoms with E-state index in [1.54, 1.807) is 6.08 Å². The predicted octanol–water partition coefficient (Wildman–Crippen LogP) is 5.32. The largest absolute Gasteiger partial charge is 0.0991 e. The third-order valence-electron chi connectivity index (χ3n) is 1.93. The van der Waals surface area contributed by atoms with E-state index < -0.39 is 0 Å². The molecular weight excluding hydrogens is 316 g/mol. The summed E-state index contributed by atoms with van der Waals surface area (Å²) in [5, 5.41) is 0. The second-order valence-corrected chi connectivity index (χ2v) is 5.07. The van der Waals surface area contributed by atoms with Crippen molar-refractivity contribution in [2.24, 2.45) is 0 Å². The standard InChI is InChI=1S/C13H12Br2/c1-3-4-7-11(10(2)14)12-8-5-6-9-13(12)15/h3-9H,1H2,2H3/b7-4-,11-10-. The molecule has 0 aliphatic heterocycles. The van der Waals surface area contributed by atoms with Crippen LogP contribution in [0.15, 0.2) is 58.0 Å². The van der Waals surface area contributed by atoms with Crippen molar-refractivity contribution in [2.45, 2.75) is 6.92 Å². The second-order valence-electron chi connectivity index (χ2n) is 3.02. The first-order chi connectivity index (χ1) is 7.16. The summed E-state index contributed by atoms with van der Waals surface area (Å²) in [6, 6.07) is 8.15. The molecular formula is C13H12Br2. The number of benzene rings is 1. The van der Waals surface area contributed by atoms with Gasteiger partial charge in [-0.2, -0.15) is 0 Å². The third-order valence-corrected chi connectivity index (χ3v) is 3.05. The van der Waals surface area contributed by atoms with E-state index in [2.05, 4.69) is 44.5 Å². The minimum absolute atomic E-state index is 1.09. The van der Waals surface area contributed by atoms with Gasteiger partial charge in [0.1, 0.15) is 0 Å². The van der Waals surface area contributed by atoms with Gasteiger partial charge in [-0.3, -0.25) is 0 Å². The number of rotatable bonds is 3. The maximum atomic E-state index is 3.67. The minimum Gasteiger partial charge on any atom is -0.0991 e. The van der Waals surface area contributed by atoms with Gasteiger partial charge in [0, 0.05) is 4.47 Å². The molecule has 0 aromatic heterocycles. The number of halogens is 2. The summed E-state index contributed by atoms with van der Waals surface area (Å²) in [4.78, 5) is 0. The smallest absolute Gasteiger partial charge is 0.0254 e. The van der Waals surface area contributed by atoms with E-state index in [4.69, 9.17) is 0 Å². The molecule has 0 aliphatic rings. The Morgan fingerprint density at radius 2 is 2.00 bits per heavy atom. The molecule has 0 spiro atoms. The van der Waals surface area contributed by atoms with E-state index in [0.29, 0.717) is 0 Å². The molecule has 78 valence electrons. The van der Waals surface area contributed by atoms with E-state index in [1.807, 2.05) is 37.3 Å². The highest BCUT2D eigenvalue weighted by Crippen LogP contribution is 2.29. The molecule has 0 atom stereocenters. The van der Waals surface area contributed by atoms with Gasteiger partial charge in [0.15, 0.2) is 0 Å². The van der Waals surface area contributed by atoms with Crippen LogP contribution < -0.4 is 0 Å². The van der Waals surface area contributed by atoms with Crippen LogP contribution in [0.1, 0.15) is 12.5 Å². The molecule has 1 rings (SSSR count). The zero-order valence-electron chi connectivity index (χ0n) is 8.50. The minimum atomic E-state index is 1.09. The maximum absolute atomic E-state index is 3.67. The van der Waals surface area contributed by atoms with Crippen LogP contribution in [0.25, 0.3) is 5.57 Å². The van der Waals surface area contributed by atoms with Gasteiger partial charge in [0.2, 0.25) is 0 Å². The van der Waals surface area contributed by atoms with Crippen LogP contribution in [0.4, 0.5) is 0 Å². The van der Waals surface area contributed by atoms with E-state index in [0.717, 1.165) is 14.5 Å². The Morgan fingerprint density at radius 3 is 2.53 bits per heavy atom. The Hall–Kier alpha value is -0.600. The van der Waals surface area contributed by atoms with E-state index >= 15 is 0 Å². The lowest BCUT2D eigenvalue weighted by Gasteiger charge is -2.06. The van der Waals surface area contributed by atoms with Gasteiger partial charge in [-0.05, 0) is 28.6 Å². The van der Waals surface area contributed by atoms with Crippen molar-refractivity contribution in [3.63, 3.8) is 0 Å². The summed E-state index contributed by atoms with van der Waals surface area (Å²) >= 11 is 7.06. The van der Waals surface area contributed by atoms with Crippen LogP contribution in [0.2, 0.25) is 0 Å². The van der Waals surface area contributed by atoms with Crippen LogP contribution in [-0.2, 0) is 0 Å². The molecule has 0 fully saturated rings. The van der Waals surface area contributed by atoms with Crippen molar-refractivity contribution in [3.05, 3.63) is 63.6 Å². The SMILES string of the molecule is C=C/C=C\C(=C(/C)Br)c1ccccc1Br. The average molecular weight is 328 g/mol. The molecule has 0 nitrogen and oxygen atoms in total. The fraction of sp³-hybridized carbons (Fsp3) is 0.0769. The summed E-state index contributed by atoms with van der Waals surface area (Å²) in [7, 11) is 0. The van der Waals surface area contributed by atoms with Gasteiger partial charge < -0.3 is 0 Å². The molecule has 0 unspecified atom stereocenters. The van der Waals surface area contributed by atoms with Crippen LogP contribution in [-0.4, -0.2) is 0 Å². The second kappa shape index (κ2) is 6.09. The molecule has 0 aliphatic carbocycles. The fourth-order valence-corrected chi connectivity index (χ4v) is 2.08. The number of allylic oxidation sites excluding steroid dienone is 5. The monoisotopic (exact) mass is 326 g/mol. The zero-order valence-corrected chi connectivity index (χ0v) is 11.7.